The van der Waals surface area contributed by atoms with Crippen LogP contribution in [0.2, 0.25) is 0 Å². The van der Waals surface area contributed by atoms with Crippen molar-refractivity contribution in [3.63, 3.8) is 0 Å². The van der Waals surface area contributed by atoms with Gasteiger partial charge in [0.15, 0.2) is 0 Å². The van der Waals surface area contributed by atoms with E-state index < -0.39 is 11.0 Å². The van der Waals surface area contributed by atoms with Crippen molar-refractivity contribution in [1.29, 1.82) is 0 Å². The number of ether oxygens (including phenoxy) is 1. The summed E-state index contributed by atoms with van der Waals surface area (Å²) in [5, 5.41) is 4.65. The molecular formula is C12H12ClN3O2. The molecule has 5 nitrogen and oxygen atoms in total. The summed E-state index contributed by atoms with van der Waals surface area (Å²) in [6.07, 6.45) is 1.54. The predicted molar refractivity (Wildman–Crippen MR) is 66.5 cm³/mol. The molecule has 18 heavy (non-hydrogen) atoms. The van der Waals surface area contributed by atoms with Gasteiger partial charge in [-0.25, -0.2) is 0 Å². The number of carbonyl (C=O) groups excluding carboxylic acids is 1. The topological polar surface area (TPSA) is 81.0 Å². The number of nitrogens with one attached hydrogen (secondary N) is 1. The van der Waals surface area contributed by atoms with E-state index in [9.17, 15) is 4.79 Å². The van der Waals surface area contributed by atoms with Crippen molar-refractivity contribution in [3.05, 3.63) is 53.9 Å². The molecule has 6 heteroatoms. The number of benzene rings is 1. The van der Waals surface area contributed by atoms with Crippen LogP contribution in [-0.4, -0.2) is 16.1 Å². The molecule has 1 heterocycles. The van der Waals surface area contributed by atoms with Crippen LogP contribution in [0.15, 0.2) is 42.6 Å². The summed E-state index contributed by atoms with van der Waals surface area (Å²) in [5.41, 5.74) is 6.41. The van der Waals surface area contributed by atoms with E-state index in [-0.39, 0.29) is 12.3 Å². The molecule has 1 aromatic heterocycles. The maximum absolute atomic E-state index is 11.5. The SMILES string of the molecule is NC(=O)C(Cl)(OCc1ccccc1)c1cc[nH]n1. The maximum atomic E-state index is 11.5. The van der Waals surface area contributed by atoms with Gasteiger partial charge >= 0.3 is 0 Å². The van der Waals surface area contributed by atoms with E-state index in [0.29, 0.717) is 0 Å². The molecule has 2 aromatic rings. The Balaban J connectivity index is 2.15. The second-order valence-corrected chi connectivity index (χ2v) is 4.23. The monoisotopic (exact) mass is 265 g/mol. The fourth-order valence-corrected chi connectivity index (χ4v) is 1.63. The van der Waals surface area contributed by atoms with Crippen LogP contribution < -0.4 is 5.73 Å². The highest BCUT2D eigenvalue weighted by Crippen LogP contribution is 2.29. The minimum atomic E-state index is -1.75. The van der Waals surface area contributed by atoms with Gasteiger partial charge in [-0.3, -0.25) is 9.89 Å². The van der Waals surface area contributed by atoms with Crippen molar-refractivity contribution in [2.45, 2.75) is 11.7 Å². The van der Waals surface area contributed by atoms with Crippen molar-refractivity contribution in [2.75, 3.05) is 0 Å². The van der Waals surface area contributed by atoms with E-state index in [2.05, 4.69) is 10.2 Å². The van der Waals surface area contributed by atoms with Gasteiger partial charge in [0.05, 0.1) is 6.61 Å². The van der Waals surface area contributed by atoms with Crippen molar-refractivity contribution in [1.82, 2.24) is 10.2 Å². The lowest BCUT2D eigenvalue weighted by Gasteiger charge is -2.21. The van der Waals surface area contributed by atoms with Crippen LogP contribution in [-0.2, 0) is 21.2 Å². The first-order valence-corrected chi connectivity index (χ1v) is 5.67. The zero-order valence-corrected chi connectivity index (χ0v) is 10.2. The molecule has 0 spiro atoms. The first-order chi connectivity index (χ1) is 8.63. The summed E-state index contributed by atoms with van der Waals surface area (Å²) < 4.78 is 5.43. The van der Waals surface area contributed by atoms with Gasteiger partial charge < -0.3 is 10.5 Å². The lowest BCUT2D eigenvalue weighted by molar-refractivity contribution is -0.136. The highest BCUT2D eigenvalue weighted by molar-refractivity contribution is 6.33. The number of nitrogens with zero attached hydrogens (tertiary/aromatic N) is 1. The Labute approximate surface area is 109 Å². The molecule has 1 atom stereocenters. The number of aromatic amines is 1. The molecule has 2 rings (SSSR count). The number of alkyl halides is 1. The lowest BCUT2D eigenvalue weighted by atomic mass is 10.2. The van der Waals surface area contributed by atoms with E-state index in [1.807, 2.05) is 30.3 Å². The number of primary amides is 1. The third-order valence-electron chi connectivity index (χ3n) is 2.43. The van der Waals surface area contributed by atoms with Gasteiger partial charge in [0.1, 0.15) is 5.69 Å². The number of nitrogens with two attached hydrogens (primary N) is 1. The van der Waals surface area contributed by atoms with Gasteiger partial charge in [-0.1, -0.05) is 41.9 Å². The molecule has 0 aliphatic heterocycles. The normalized spacial score (nSPS) is 14.1. The van der Waals surface area contributed by atoms with Crippen LogP contribution in [0.1, 0.15) is 11.3 Å². The number of amides is 1. The van der Waals surface area contributed by atoms with Gasteiger partial charge in [0, 0.05) is 6.20 Å². The van der Waals surface area contributed by atoms with Crippen molar-refractivity contribution in [3.8, 4) is 0 Å². The number of rotatable bonds is 5. The largest absolute Gasteiger partial charge is 0.366 e. The number of hydrogen-bond donors (Lipinski definition) is 2. The third kappa shape index (κ3) is 2.52. The van der Waals surface area contributed by atoms with Crippen LogP contribution in [0, 0.1) is 0 Å². The van der Waals surface area contributed by atoms with Gasteiger partial charge in [-0.05, 0) is 11.6 Å². The zero-order chi connectivity index (χ0) is 13.0. The summed E-state index contributed by atoms with van der Waals surface area (Å²) >= 11 is 6.11. The fourth-order valence-electron chi connectivity index (χ4n) is 1.47. The molecule has 0 radical (unpaired) electrons. The van der Waals surface area contributed by atoms with Crippen LogP contribution in [0.4, 0.5) is 0 Å². The predicted octanol–water partition coefficient (Wildman–Crippen LogP) is 1.50. The molecule has 0 fully saturated rings. The highest BCUT2D eigenvalue weighted by Gasteiger charge is 2.39. The lowest BCUT2D eigenvalue weighted by Crippen LogP contribution is -2.39. The Hall–Kier alpha value is -1.85. The number of aromatic nitrogens is 2. The van der Waals surface area contributed by atoms with Gasteiger partial charge in [-0.2, -0.15) is 5.10 Å². The maximum Gasteiger partial charge on any atom is 0.272 e. The van der Waals surface area contributed by atoms with Crippen molar-refractivity contribution >= 4 is 17.5 Å². The molecular weight excluding hydrogens is 254 g/mol. The van der Waals surface area contributed by atoms with Crippen LogP contribution in [0.3, 0.4) is 0 Å². The van der Waals surface area contributed by atoms with Crippen molar-refractivity contribution in [2.24, 2.45) is 5.73 Å². The van der Waals surface area contributed by atoms with Crippen LogP contribution in [0.25, 0.3) is 0 Å². The van der Waals surface area contributed by atoms with E-state index in [0.717, 1.165) is 5.56 Å². The Kier molecular flexibility index (Phi) is 3.64. The van der Waals surface area contributed by atoms with E-state index in [1.165, 1.54) is 0 Å². The summed E-state index contributed by atoms with van der Waals surface area (Å²) in [5.74, 6) is -0.799. The number of halogens is 1. The minimum absolute atomic E-state index is 0.167. The Bertz CT molecular complexity index is 515. The first-order valence-electron chi connectivity index (χ1n) is 5.30. The van der Waals surface area contributed by atoms with Gasteiger partial charge in [0.2, 0.25) is 0 Å². The minimum Gasteiger partial charge on any atom is -0.366 e. The fraction of sp³-hybridized carbons (Fsp3) is 0.167. The summed E-state index contributed by atoms with van der Waals surface area (Å²) in [7, 11) is 0. The molecule has 3 N–H and O–H groups in total. The van der Waals surface area contributed by atoms with E-state index in [4.69, 9.17) is 22.1 Å². The van der Waals surface area contributed by atoms with Crippen LogP contribution >= 0.6 is 11.6 Å². The van der Waals surface area contributed by atoms with E-state index >= 15 is 0 Å². The molecule has 94 valence electrons. The molecule has 0 saturated carbocycles. The summed E-state index contributed by atoms with van der Waals surface area (Å²) in [6, 6.07) is 10.9. The highest BCUT2D eigenvalue weighted by atomic mass is 35.5. The van der Waals surface area contributed by atoms with Gasteiger partial charge in [0.25, 0.3) is 11.0 Å². The Morgan fingerprint density at radius 2 is 2.11 bits per heavy atom. The van der Waals surface area contributed by atoms with Gasteiger partial charge in [-0.15, -0.1) is 0 Å². The Morgan fingerprint density at radius 3 is 2.67 bits per heavy atom. The quantitative estimate of drug-likeness (QED) is 0.804. The standard InChI is InChI=1S/C12H12ClN3O2/c13-12(11(14)17,10-6-7-15-16-10)18-8-9-4-2-1-3-5-9/h1-7H,8H2,(H2,14,17)(H,15,16). The number of H-pyrrole nitrogens is 1. The van der Waals surface area contributed by atoms with Crippen LogP contribution in [0.5, 0.6) is 0 Å². The summed E-state index contributed by atoms with van der Waals surface area (Å²) in [4.78, 5) is 11.5. The molecule has 0 saturated heterocycles. The smallest absolute Gasteiger partial charge is 0.272 e. The number of carbonyl (C=O) groups is 1. The third-order valence-corrected chi connectivity index (χ3v) is 2.92. The second-order valence-electron chi connectivity index (χ2n) is 3.69. The molecule has 0 aliphatic carbocycles. The molecule has 0 bridgehead atoms. The average molecular weight is 266 g/mol. The average Bonchev–Trinajstić information content (AvgIpc) is 2.91. The second kappa shape index (κ2) is 5.20. The van der Waals surface area contributed by atoms with Crippen molar-refractivity contribution < 1.29 is 9.53 Å². The molecule has 1 unspecified atom stereocenters. The molecule has 1 aromatic carbocycles. The Morgan fingerprint density at radius 1 is 1.39 bits per heavy atom. The zero-order valence-electron chi connectivity index (χ0n) is 9.47. The summed E-state index contributed by atoms with van der Waals surface area (Å²) in [6.45, 7) is 0.167. The van der Waals surface area contributed by atoms with E-state index in [1.54, 1.807) is 12.3 Å². The number of hydrogen-bond acceptors (Lipinski definition) is 3. The molecule has 1 amide bonds. The first kappa shape index (κ1) is 12.6. The molecule has 0 aliphatic rings.